The smallest absolute Gasteiger partial charge is 0.255 e. The molecule has 24 heavy (non-hydrogen) atoms. The van der Waals surface area contributed by atoms with E-state index in [0.29, 0.717) is 23.6 Å². The lowest BCUT2D eigenvalue weighted by Gasteiger charge is -2.28. The number of carbonyl (C=O) groups excluding carboxylic acids is 1. The van der Waals surface area contributed by atoms with Crippen molar-refractivity contribution in [2.45, 2.75) is 25.9 Å². The molecule has 1 saturated heterocycles. The van der Waals surface area contributed by atoms with E-state index in [2.05, 4.69) is 0 Å². The molecule has 1 amide bonds. The molecule has 7 heteroatoms. The number of hydrogen-bond acceptors (Lipinski definition) is 4. The van der Waals surface area contributed by atoms with Gasteiger partial charge in [0.05, 0.1) is 28.6 Å². The molecule has 0 saturated carbocycles. The molecule has 128 valence electrons. The minimum atomic E-state index is -3.08. The van der Waals surface area contributed by atoms with Gasteiger partial charge in [-0.15, -0.1) is 11.3 Å². The van der Waals surface area contributed by atoms with Gasteiger partial charge in [-0.05, 0) is 42.5 Å². The minimum Gasteiger partial charge on any atom is -0.329 e. The second-order valence-electron chi connectivity index (χ2n) is 6.00. The SMILES string of the molecule is Cc1ccsc1CN(C(=O)c1ccccc1Cl)[C@H]1CCS(=O)(=O)C1. The molecule has 2 aromatic rings. The van der Waals surface area contributed by atoms with Gasteiger partial charge in [0.15, 0.2) is 9.84 Å². The van der Waals surface area contributed by atoms with Crippen molar-refractivity contribution in [3.63, 3.8) is 0 Å². The van der Waals surface area contributed by atoms with Crippen molar-refractivity contribution in [3.05, 3.63) is 56.7 Å². The zero-order valence-electron chi connectivity index (χ0n) is 13.2. The molecular weight excluding hydrogens is 366 g/mol. The van der Waals surface area contributed by atoms with Gasteiger partial charge in [-0.1, -0.05) is 23.7 Å². The van der Waals surface area contributed by atoms with E-state index < -0.39 is 9.84 Å². The summed E-state index contributed by atoms with van der Waals surface area (Å²) in [6.07, 6.45) is 0.475. The molecule has 4 nitrogen and oxygen atoms in total. The van der Waals surface area contributed by atoms with Gasteiger partial charge in [-0.2, -0.15) is 0 Å². The van der Waals surface area contributed by atoms with Crippen molar-refractivity contribution in [1.82, 2.24) is 4.90 Å². The Morgan fingerprint density at radius 2 is 2.08 bits per heavy atom. The number of benzene rings is 1. The van der Waals surface area contributed by atoms with Crippen LogP contribution in [0.1, 0.15) is 27.2 Å². The Labute approximate surface area is 151 Å². The summed E-state index contributed by atoms with van der Waals surface area (Å²) >= 11 is 7.75. The van der Waals surface area contributed by atoms with Crippen LogP contribution in [0.5, 0.6) is 0 Å². The first-order chi connectivity index (χ1) is 11.4. The summed E-state index contributed by atoms with van der Waals surface area (Å²) in [5.74, 6) is -0.0587. The van der Waals surface area contributed by atoms with E-state index in [4.69, 9.17) is 11.6 Å². The number of rotatable bonds is 4. The first-order valence-corrected chi connectivity index (χ1v) is 10.7. The maximum atomic E-state index is 13.1. The van der Waals surface area contributed by atoms with E-state index in [1.165, 1.54) is 0 Å². The van der Waals surface area contributed by atoms with Crippen molar-refractivity contribution in [1.29, 1.82) is 0 Å². The second-order valence-corrected chi connectivity index (χ2v) is 9.63. The van der Waals surface area contributed by atoms with Gasteiger partial charge >= 0.3 is 0 Å². The number of amides is 1. The third-order valence-corrected chi connectivity index (χ3v) is 7.38. The molecule has 0 N–H and O–H groups in total. The highest BCUT2D eigenvalue weighted by Crippen LogP contribution is 2.27. The van der Waals surface area contributed by atoms with Gasteiger partial charge in [0.1, 0.15) is 0 Å². The minimum absolute atomic E-state index is 0.0214. The highest BCUT2D eigenvalue weighted by molar-refractivity contribution is 7.91. The quantitative estimate of drug-likeness (QED) is 0.811. The molecule has 0 radical (unpaired) electrons. The number of thiophene rings is 1. The third-order valence-electron chi connectivity index (χ3n) is 4.30. The summed E-state index contributed by atoms with van der Waals surface area (Å²) in [7, 11) is -3.08. The fourth-order valence-electron chi connectivity index (χ4n) is 2.90. The number of sulfone groups is 1. The molecule has 3 rings (SSSR count). The number of nitrogens with zero attached hydrogens (tertiary/aromatic N) is 1. The second kappa shape index (κ2) is 6.86. The van der Waals surface area contributed by atoms with Crippen LogP contribution in [0.4, 0.5) is 0 Å². The van der Waals surface area contributed by atoms with Gasteiger partial charge in [-0.3, -0.25) is 4.79 Å². The lowest BCUT2D eigenvalue weighted by molar-refractivity contribution is 0.0683. The molecule has 1 atom stereocenters. The fraction of sp³-hybridized carbons (Fsp3) is 0.353. The summed E-state index contributed by atoms with van der Waals surface area (Å²) in [5.41, 5.74) is 1.52. The molecule has 1 aliphatic rings. The predicted molar refractivity (Wildman–Crippen MR) is 97.4 cm³/mol. The zero-order chi connectivity index (χ0) is 17.3. The molecular formula is C17H18ClNO3S2. The van der Waals surface area contributed by atoms with E-state index in [9.17, 15) is 13.2 Å². The summed E-state index contributed by atoms with van der Waals surface area (Å²) in [4.78, 5) is 15.8. The fourth-order valence-corrected chi connectivity index (χ4v) is 5.75. The molecule has 0 spiro atoms. The monoisotopic (exact) mass is 383 g/mol. The van der Waals surface area contributed by atoms with Crippen molar-refractivity contribution >= 4 is 38.7 Å². The van der Waals surface area contributed by atoms with Crippen molar-refractivity contribution in [3.8, 4) is 0 Å². The van der Waals surface area contributed by atoms with Gasteiger partial charge < -0.3 is 4.90 Å². The van der Waals surface area contributed by atoms with Gasteiger partial charge in [0, 0.05) is 10.9 Å². The van der Waals surface area contributed by atoms with Crippen LogP contribution in [0.25, 0.3) is 0 Å². The Bertz CT molecular complexity index is 860. The van der Waals surface area contributed by atoms with Crippen molar-refractivity contribution < 1.29 is 13.2 Å². The number of halogens is 1. The Hall–Kier alpha value is -1.37. The first-order valence-electron chi connectivity index (χ1n) is 7.66. The summed E-state index contributed by atoms with van der Waals surface area (Å²) in [5, 5.41) is 2.37. The van der Waals surface area contributed by atoms with Crippen molar-refractivity contribution in [2.24, 2.45) is 0 Å². The summed E-state index contributed by atoms with van der Waals surface area (Å²) < 4.78 is 23.8. The highest BCUT2D eigenvalue weighted by atomic mass is 35.5. The number of carbonyl (C=O) groups is 1. The topological polar surface area (TPSA) is 54.5 Å². The lowest BCUT2D eigenvalue weighted by Crippen LogP contribution is -2.40. The van der Waals surface area contributed by atoms with Crippen LogP contribution in [-0.2, 0) is 16.4 Å². The average Bonchev–Trinajstić information content (AvgIpc) is 3.10. The lowest BCUT2D eigenvalue weighted by atomic mass is 10.1. The Morgan fingerprint density at radius 1 is 1.33 bits per heavy atom. The van der Waals surface area contributed by atoms with E-state index in [0.717, 1.165) is 10.4 Å². The van der Waals surface area contributed by atoms with Gasteiger partial charge in [0.25, 0.3) is 5.91 Å². The summed E-state index contributed by atoms with van der Waals surface area (Å²) in [6.45, 7) is 2.41. The zero-order valence-corrected chi connectivity index (χ0v) is 15.6. The maximum Gasteiger partial charge on any atom is 0.255 e. The molecule has 1 fully saturated rings. The molecule has 2 heterocycles. The van der Waals surface area contributed by atoms with Crippen LogP contribution in [0.2, 0.25) is 5.02 Å². The van der Waals surface area contributed by atoms with E-state index >= 15 is 0 Å². The normalized spacial score (nSPS) is 19.3. The highest BCUT2D eigenvalue weighted by Gasteiger charge is 2.35. The van der Waals surface area contributed by atoms with E-state index in [1.54, 1.807) is 40.5 Å². The van der Waals surface area contributed by atoms with Gasteiger partial charge in [-0.25, -0.2) is 8.42 Å². The molecule has 0 aliphatic carbocycles. The van der Waals surface area contributed by atoms with Crippen LogP contribution in [0.3, 0.4) is 0 Å². The Balaban J connectivity index is 1.94. The molecule has 1 aliphatic heterocycles. The average molecular weight is 384 g/mol. The van der Waals surface area contributed by atoms with Crippen LogP contribution in [0.15, 0.2) is 35.7 Å². The van der Waals surface area contributed by atoms with E-state index in [-0.39, 0.29) is 23.5 Å². The number of aryl methyl sites for hydroxylation is 1. The van der Waals surface area contributed by atoms with Crippen LogP contribution >= 0.6 is 22.9 Å². The van der Waals surface area contributed by atoms with Crippen LogP contribution in [0, 0.1) is 6.92 Å². The Kier molecular flexibility index (Phi) is 4.99. The third kappa shape index (κ3) is 3.66. The van der Waals surface area contributed by atoms with Gasteiger partial charge in [0.2, 0.25) is 0 Å². The van der Waals surface area contributed by atoms with Crippen LogP contribution in [-0.4, -0.2) is 36.8 Å². The largest absolute Gasteiger partial charge is 0.329 e. The van der Waals surface area contributed by atoms with Crippen molar-refractivity contribution in [2.75, 3.05) is 11.5 Å². The standard InChI is InChI=1S/C17H18ClNO3S2/c1-12-6-8-23-16(12)10-19(13-7-9-24(21,22)11-13)17(20)14-4-2-3-5-15(14)18/h2-6,8,13H,7,9-11H2,1H3/t13-/m0/s1. The maximum absolute atomic E-state index is 13.1. The predicted octanol–water partition coefficient (Wildman–Crippen LogP) is 3.54. The molecule has 0 bridgehead atoms. The van der Waals surface area contributed by atoms with Crippen LogP contribution < -0.4 is 0 Å². The van der Waals surface area contributed by atoms with E-state index in [1.807, 2.05) is 18.4 Å². The molecule has 1 aromatic carbocycles. The number of hydrogen-bond donors (Lipinski definition) is 0. The molecule has 1 aromatic heterocycles. The Morgan fingerprint density at radius 3 is 2.67 bits per heavy atom. The summed E-state index contributed by atoms with van der Waals surface area (Å²) in [6, 6.07) is 8.59. The molecule has 0 unspecified atom stereocenters. The first kappa shape index (κ1) is 17.5.